The Hall–Kier alpha value is -2.44. The molecule has 2 aromatic carbocycles. The predicted octanol–water partition coefficient (Wildman–Crippen LogP) is 4.53. The van der Waals surface area contributed by atoms with E-state index in [0.29, 0.717) is 28.2 Å². The van der Waals surface area contributed by atoms with Gasteiger partial charge < -0.3 is 10.6 Å². The summed E-state index contributed by atoms with van der Waals surface area (Å²) in [6.45, 7) is 0.612. The molecule has 0 unspecified atom stereocenters. The van der Waals surface area contributed by atoms with E-state index in [-0.39, 0.29) is 5.82 Å². The molecule has 3 rings (SSSR count). The van der Waals surface area contributed by atoms with Crippen LogP contribution < -0.4 is 10.6 Å². The third kappa shape index (κ3) is 4.31. The van der Waals surface area contributed by atoms with Crippen molar-refractivity contribution in [1.82, 2.24) is 9.78 Å². The molecule has 122 valence electrons. The first-order chi connectivity index (χ1) is 11.6. The lowest BCUT2D eigenvalue weighted by Crippen LogP contribution is -2.19. The van der Waals surface area contributed by atoms with Gasteiger partial charge in [0.1, 0.15) is 10.8 Å². The van der Waals surface area contributed by atoms with Crippen molar-refractivity contribution in [2.45, 2.75) is 6.54 Å². The summed E-state index contributed by atoms with van der Waals surface area (Å²) >= 11 is 11.4. The molecule has 0 aliphatic rings. The largest absolute Gasteiger partial charge is 0.332 e. The molecule has 0 radical (unpaired) electrons. The van der Waals surface area contributed by atoms with E-state index in [1.165, 1.54) is 12.1 Å². The summed E-state index contributed by atoms with van der Waals surface area (Å²) in [4.78, 5) is 0. The number of hydrogen-bond acceptors (Lipinski definition) is 2. The monoisotopic (exact) mass is 360 g/mol. The molecule has 7 heteroatoms. The van der Waals surface area contributed by atoms with E-state index in [2.05, 4.69) is 15.7 Å². The molecular formula is C17H14ClFN4S. The Morgan fingerprint density at radius 3 is 2.50 bits per heavy atom. The van der Waals surface area contributed by atoms with Gasteiger partial charge in [0.25, 0.3) is 0 Å². The molecule has 2 N–H and O–H groups in total. The van der Waals surface area contributed by atoms with Gasteiger partial charge in [-0.25, -0.2) is 4.39 Å². The van der Waals surface area contributed by atoms with Gasteiger partial charge in [-0.05, 0) is 42.0 Å². The molecule has 0 saturated carbocycles. The van der Waals surface area contributed by atoms with Gasteiger partial charge in [-0.2, -0.15) is 5.10 Å². The van der Waals surface area contributed by atoms with E-state index in [4.69, 9.17) is 23.8 Å². The molecule has 0 atom stereocenters. The summed E-state index contributed by atoms with van der Waals surface area (Å²) in [5, 5.41) is 11.1. The van der Waals surface area contributed by atoms with Crippen LogP contribution in [0, 0.1) is 5.82 Å². The maximum atomic E-state index is 12.9. The van der Waals surface area contributed by atoms with Crippen LogP contribution in [-0.4, -0.2) is 14.9 Å². The smallest absolute Gasteiger partial charge is 0.176 e. The first kappa shape index (κ1) is 16.4. The lowest BCUT2D eigenvalue weighted by atomic mass is 10.2. The SMILES string of the molecule is Fc1ccc(NC(=S)Nc2nn(Cc3ccccc3)cc2Cl)cc1. The number of thiocarbonyl (C=S) groups is 1. The Kier molecular flexibility index (Phi) is 5.08. The van der Waals surface area contributed by atoms with Gasteiger partial charge in [-0.1, -0.05) is 41.9 Å². The average molecular weight is 361 g/mol. The maximum Gasteiger partial charge on any atom is 0.176 e. The van der Waals surface area contributed by atoms with E-state index in [0.717, 1.165) is 5.56 Å². The lowest BCUT2D eigenvalue weighted by Gasteiger charge is -2.08. The van der Waals surface area contributed by atoms with E-state index >= 15 is 0 Å². The van der Waals surface area contributed by atoms with Crippen LogP contribution in [0.5, 0.6) is 0 Å². The summed E-state index contributed by atoms with van der Waals surface area (Å²) in [5.41, 5.74) is 1.80. The Balaban J connectivity index is 1.64. The number of nitrogens with one attached hydrogen (secondary N) is 2. The van der Waals surface area contributed by atoms with Gasteiger partial charge in [0.05, 0.1) is 6.54 Å². The number of anilines is 2. The Labute approximate surface area is 149 Å². The zero-order chi connectivity index (χ0) is 16.9. The molecule has 0 amide bonds. The summed E-state index contributed by atoms with van der Waals surface area (Å²) in [6.07, 6.45) is 1.73. The summed E-state index contributed by atoms with van der Waals surface area (Å²) in [7, 11) is 0. The second kappa shape index (κ2) is 7.42. The molecule has 0 aliphatic heterocycles. The quantitative estimate of drug-likeness (QED) is 0.671. The van der Waals surface area contributed by atoms with E-state index in [1.54, 1.807) is 23.0 Å². The minimum atomic E-state index is -0.304. The van der Waals surface area contributed by atoms with E-state index in [9.17, 15) is 4.39 Å². The summed E-state index contributed by atoms with van der Waals surface area (Å²) in [6, 6.07) is 15.8. The second-order valence-corrected chi connectivity index (χ2v) is 5.91. The van der Waals surface area contributed by atoms with Crippen LogP contribution in [0.3, 0.4) is 0 Å². The number of hydrogen-bond donors (Lipinski definition) is 2. The Morgan fingerprint density at radius 1 is 1.08 bits per heavy atom. The molecular weight excluding hydrogens is 347 g/mol. The molecule has 4 nitrogen and oxygen atoms in total. The minimum Gasteiger partial charge on any atom is -0.332 e. The fraction of sp³-hybridized carbons (Fsp3) is 0.0588. The van der Waals surface area contributed by atoms with Crippen molar-refractivity contribution in [3.8, 4) is 0 Å². The van der Waals surface area contributed by atoms with Gasteiger partial charge in [-0.15, -0.1) is 0 Å². The van der Waals surface area contributed by atoms with Crippen molar-refractivity contribution < 1.29 is 4.39 Å². The van der Waals surface area contributed by atoms with E-state index < -0.39 is 0 Å². The van der Waals surface area contributed by atoms with Crippen molar-refractivity contribution in [3.05, 3.63) is 77.2 Å². The molecule has 1 aromatic heterocycles. The highest BCUT2D eigenvalue weighted by Gasteiger charge is 2.09. The molecule has 0 saturated heterocycles. The highest BCUT2D eigenvalue weighted by atomic mass is 35.5. The number of halogens is 2. The fourth-order valence-electron chi connectivity index (χ4n) is 2.14. The van der Waals surface area contributed by atoms with Gasteiger partial charge >= 0.3 is 0 Å². The first-order valence-corrected chi connectivity index (χ1v) is 7.99. The van der Waals surface area contributed by atoms with Crippen molar-refractivity contribution in [1.29, 1.82) is 0 Å². The molecule has 3 aromatic rings. The topological polar surface area (TPSA) is 41.9 Å². The zero-order valence-corrected chi connectivity index (χ0v) is 14.1. The van der Waals surface area contributed by atoms with Crippen LogP contribution in [0.4, 0.5) is 15.9 Å². The minimum absolute atomic E-state index is 0.304. The van der Waals surface area contributed by atoms with Crippen molar-refractivity contribution in [3.63, 3.8) is 0 Å². The molecule has 1 heterocycles. The second-order valence-electron chi connectivity index (χ2n) is 5.09. The number of rotatable bonds is 4. The standard InChI is InChI=1S/C17H14ClFN4S/c18-15-11-23(10-12-4-2-1-3-5-12)22-16(15)21-17(24)20-14-8-6-13(19)7-9-14/h1-9,11H,10H2,(H2,20,21,22,24). The van der Waals surface area contributed by atoms with Crippen molar-refractivity contribution in [2.24, 2.45) is 0 Å². The average Bonchev–Trinajstić information content (AvgIpc) is 2.90. The zero-order valence-electron chi connectivity index (χ0n) is 12.5. The maximum absolute atomic E-state index is 12.9. The third-order valence-electron chi connectivity index (χ3n) is 3.24. The first-order valence-electron chi connectivity index (χ1n) is 7.20. The molecule has 0 bridgehead atoms. The molecule has 24 heavy (non-hydrogen) atoms. The number of aromatic nitrogens is 2. The van der Waals surface area contributed by atoms with Crippen molar-refractivity contribution >= 4 is 40.4 Å². The van der Waals surface area contributed by atoms with Crippen LogP contribution in [0.1, 0.15) is 5.56 Å². The van der Waals surface area contributed by atoms with Crippen LogP contribution in [-0.2, 0) is 6.54 Å². The predicted molar refractivity (Wildman–Crippen MR) is 99.0 cm³/mol. The highest BCUT2D eigenvalue weighted by molar-refractivity contribution is 7.80. The summed E-state index contributed by atoms with van der Waals surface area (Å²) < 4.78 is 14.6. The Morgan fingerprint density at radius 2 is 1.79 bits per heavy atom. The van der Waals surface area contributed by atoms with Crippen LogP contribution in [0.25, 0.3) is 0 Å². The Bertz CT molecular complexity index is 834. The van der Waals surface area contributed by atoms with Crippen molar-refractivity contribution in [2.75, 3.05) is 10.6 Å². The highest BCUT2D eigenvalue weighted by Crippen LogP contribution is 2.20. The van der Waals surface area contributed by atoms with E-state index in [1.807, 2.05) is 30.3 Å². The summed E-state index contributed by atoms with van der Waals surface area (Å²) in [5.74, 6) is 0.161. The van der Waals surface area contributed by atoms with Gasteiger partial charge in [0, 0.05) is 11.9 Å². The number of benzene rings is 2. The molecule has 0 spiro atoms. The number of nitrogens with zero attached hydrogens (tertiary/aromatic N) is 2. The molecule has 0 aliphatic carbocycles. The van der Waals surface area contributed by atoms with Gasteiger partial charge in [0.2, 0.25) is 0 Å². The third-order valence-corrected chi connectivity index (χ3v) is 3.72. The normalized spacial score (nSPS) is 10.4. The van der Waals surface area contributed by atoms with Crippen LogP contribution in [0.2, 0.25) is 5.02 Å². The molecule has 0 fully saturated rings. The van der Waals surface area contributed by atoms with Gasteiger partial charge in [0.15, 0.2) is 10.9 Å². The fourth-order valence-corrected chi connectivity index (χ4v) is 2.55. The van der Waals surface area contributed by atoms with Crippen LogP contribution >= 0.6 is 23.8 Å². The van der Waals surface area contributed by atoms with Gasteiger partial charge in [-0.3, -0.25) is 4.68 Å². The van der Waals surface area contributed by atoms with Crippen LogP contribution in [0.15, 0.2) is 60.8 Å². The lowest BCUT2D eigenvalue weighted by molar-refractivity contribution is 0.628.